The number of hydrogen-bond acceptors (Lipinski definition) is 3. The highest BCUT2D eigenvalue weighted by atomic mass is 35.5. The number of amides is 1. The highest BCUT2D eigenvalue weighted by Gasteiger charge is 2.34. The molecule has 0 saturated heterocycles. The molecule has 0 aliphatic rings. The first-order valence-electron chi connectivity index (χ1n) is 8.46. The SMILES string of the molecule is Cc1ccc(C)c(N([C@H](C)C(=O)Nc2ccc(Cl)c(C(F)(F)F)c2)S(C)(=O)=O)c1. The lowest BCUT2D eigenvalue weighted by Gasteiger charge is -2.29. The Morgan fingerprint density at radius 2 is 1.76 bits per heavy atom. The molecule has 2 aromatic rings. The van der Waals surface area contributed by atoms with E-state index < -0.39 is 38.7 Å². The summed E-state index contributed by atoms with van der Waals surface area (Å²) in [5, 5.41) is 1.83. The minimum Gasteiger partial charge on any atom is -0.324 e. The molecule has 0 aliphatic carbocycles. The largest absolute Gasteiger partial charge is 0.417 e. The van der Waals surface area contributed by atoms with Crippen molar-refractivity contribution in [3.63, 3.8) is 0 Å². The van der Waals surface area contributed by atoms with E-state index in [1.165, 1.54) is 13.0 Å². The standard InChI is InChI=1S/C19H20ClF3N2O3S/c1-11-5-6-12(2)17(9-11)25(29(4,27)28)13(3)18(26)24-14-7-8-16(20)15(10-14)19(21,22)23/h5-10,13H,1-4H3,(H,24,26)/t13-/m1/s1. The second-order valence-electron chi connectivity index (χ2n) is 6.71. The number of hydrogen-bond donors (Lipinski definition) is 1. The number of anilines is 2. The third kappa shape index (κ3) is 5.42. The second-order valence-corrected chi connectivity index (χ2v) is 8.97. The van der Waals surface area contributed by atoms with Crippen LogP contribution in [-0.4, -0.2) is 26.6 Å². The number of carbonyl (C=O) groups is 1. The molecule has 158 valence electrons. The van der Waals surface area contributed by atoms with Crippen LogP contribution in [0.15, 0.2) is 36.4 Å². The molecule has 1 amide bonds. The van der Waals surface area contributed by atoms with Gasteiger partial charge in [0.05, 0.1) is 22.5 Å². The van der Waals surface area contributed by atoms with Crippen LogP contribution in [0.1, 0.15) is 23.6 Å². The lowest BCUT2D eigenvalue weighted by molar-refractivity contribution is -0.137. The minimum atomic E-state index is -4.69. The average molecular weight is 449 g/mol. The van der Waals surface area contributed by atoms with Gasteiger partial charge in [-0.3, -0.25) is 9.10 Å². The Labute approximate surface area is 172 Å². The van der Waals surface area contributed by atoms with Crippen LogP contribution in [0.4, 0.5) is 24.5 Å². The van der Waals surface area contributed by atoms with Crippen LogP contribution in [0.3, 0.4) is 0 Å². The monoisotopic (exact) mass is 448 g/mol. The first kappa shape index (κ1) is 23.0. The van der Waals surface area contributed by atoms with E-state index in [0.717, 1.165) is 22.2 Å². The van der Waals surface area contributed by atoms with Crippen LogP contribution in [0, 0.1) is 13.8 Å². The summed E-state index contributed by atoms with van der Waals surface area (Å²) in [5.41, 5.74) is 0.500. The number of nitrogens with zero attached hydrogens (tertiary/aromatic N) is 1. The van der Waals surface area contributed by atoms with Crippen LogP contribution in [0.2, 0.25) is 5.02 Å². The highest BCUT2D eigenvalue weighted by Crippen LogP contribution is 2.36. The van der Waals surface area contributed by atoms with Gasteiger partial charge in [-0.25, -0.2) is 8.42 Å². The quantitative estimate of drug-likeness (QED) is 0.716. The second kappa shape index (κ2) is 8.23. The van der Waals surface area contributed by atoms with Crippen LogP contribution in [0.25, 0.3) is 0 Å². The van der Waals surface area contributed by atoms with E-state index in [-0.39, 0.29) is 5.69 Å². The van der Waals surface area contributed by atoms with Crippen molar-refractivity contribution in [1.82, 2.24) is 0 Å². The van der Waals surface area contributed by atoms with E-state index in [0.29, 0.717) is 17.3 Å². The Morgan fingerprint density at radius 3 is 2.31 bits per heavy atom. The van der Waals surface area contributed by atoms with Crippen molar-refractivity contribution in [3.8, 4) is 0 Å². The fourth-order valence-electron chi connectivity index (χ4n) is 2.80. The summed E-state index contributed by atoms with van der Waals surface area (Å²) in [6.45, 7) is 4.84. The molecular weight excluding hydrogens is 429 g/mol. The van der Waals surface area contributed by atoms with E-state index in [9.17, 15) is 26.4 Å². The number of rotatable bonds is 5. The van der Waals surface area contributed by atoms with Gasteiger partial charge in [0.2, 0.25) is 15.9 Å². The number of benzene rings is 2. The molecule has 2 aromatic carbocycles. The molecule has 2 rings (SSSR count). The van der Waals surface area contributed by atoms with E-state index in [1.807, 2.05) is 0 Å². The third-order valence-electron chi connectivity index (χ3n) is 4.23. The lowest BCUT2D eigenvalue weighted by atomic mass is 10.1. The first-order valence-corrected chi connectivity index (χ1v) is 10.7. The Kier molecular flexibility index (Phi) is 6.54. The van der Waals surface area contributed by atoms with E-state index in [2.05, 4.69) is 5.32 Å². The Bertz CT molecular complexity index is 1040. The van der Waals surface area contributed by atoms with Gasteiger partial charge in [-0.05, 0) is 56.2 Å². The van der Waals surface area contributed by atoms with Gasteiger partial charge in [0.15, 0.2) is 0 Å². The van der Waals surface area contributed by atoms with Gasteiger partial charge in [-0.1, -0.05) is 23.7 Å². The smallest absolute Gasteiger partial charge is 0.324 e. The van der Waals surface area contributed by atoms with Crippen molar-refractivity contribution < 1.29 is 26.4 Å². The molecule has 29 heavy (non-hydrogen) atoms. The van der Waals surface area contributed by atoms with Crippen molar-refractivity contribution in [3.05, 3.63) is 58.1 Å². The minimum absolute atomic E-state index is 0.145. The third-order valence-corrected chi connectivity index (χ3v) is 5.79. The van der Waals surface area contributed by atoms with Gasteiger partial charge >= 0.3 is 6.18 Å². The molecule has 5 nitrogen and oxygen atoms in total. The maximum atomic E-state index is 13.0. The zero-order valence-corrected chi connectivity index (χ0v) is 17.7. The number of sulfonamides is 1. The summed E-state index contributed by atoms with van der Waals surface area (Å²) in [4.78, 5) is 12.7. The zero-order chi connectivity index (χ0) is 22.1. The van der Waals surface area contributed by atoms with Crippen molar-refractivity contribution in [2.75, 3.05) is 15.9 Å². The average Bonchev–Trinajstić information content (AvgIpc) is 2.57. The summed E-state index contributed by atoms with van der Waals surface area (Å²) in [6, 6.07) is 6.88. The molecule has 0 saturated carbocycles. The molecule has 0 spiro atoms. The fourth-order valence-corrected chi connectivity index (χ4v) is 4.25. The topological polar surface area (TPSA) is 66.5 Å². The zero-order valence-electron chi connectivity index (χ0n) is 16.1. The summed E-state index contributed by atoms with van der Waals surface area (Å²) in [7, 11) is -3.86. The lowest BCUT2D eigenvalue weighted by Crippen LogP contribution is -2.45. The van der Waals surface area contributed by atoms with Crippen LogP contribution < -0.4 is 9.62 Å². The maximum Gasteiger partial charge on any atom is 0.417 e. The Morgan fingerprint density at radius 1 is 1.14 bits per heavy atom. The molecule has 0 heterocycles. The summed E-state index contributed by atoms with van der Waals surface area (Å²) >= 11 is 5.58. The maximum absolute atomic E-state index is 13.0. The summed E-state index contributed by atoms with van der Waals surface area (Å²) in [6.07, 6.45) is -3.73. The fraction of sp³-hybridized carbons (Fsp3) is 0.316. The first-order chi connectivity index (χ1) is 13.2. The molecule has 0 bridgehead atoms. The predicted octanol–water partition coefficient (Wildman–Crippen LogP) is 4.77. The van der Waals surface area contributed by atoms with Gasteiger partial charge in [0, 0.05) is 5.69 Å². The highest BCUT2D eigenvalue weighted by molar-refractivity contribution is 7.92. The van der Waals surface area contributed by atoms with Gasteiger partial charge in [0.1, 0.15) is 6.04 Å². The van der Waals surface area contributed by atoms with E-state index >= 15 is 0 Å². The van der Waals surface area contributed by atoms with Crippen molar-refractivity contribution in [2.24, 2.45) is 0 Å². The molecule has 1 N–H and O–H groups in total. The van der Waals surface area contributed by atoms with Gasteiger partial charge in [-0.2, -0.15) is 13.2 Å². The number of halogens is 4. The predicted molar refractivity (Wildman–Crippen MR) is 108 cm³/mol. The molecular formula is C19H20ClF3N2O3S. The molecule has 1 atom stereocenters. The number of aryl methyl sites for hydroxylation is 2. The van der Waals surface area contributed by atoms with Gasteiger partial charge in [0.25, 0.3) is 0 Å². The normalized spacial score (nSPS) is 13.1. The van der Waals surface area contributed by atoms with Crippen LogP contribution >= 0.6 is 11.6 Å². The van der Waals surface area contributed by atoms with Crippen LogP contribution in [0.5, 0.6) is 0 Å². The molecule has 0 aromatic heterocycles. The summed E-state index contributed by atoms with van der Waals surface area (Å²) < 4.78 is 64.8. The van der Waals surface area contributed by atoms with Gasteiger partial charge in [-0.15, -0.1) is 0 Å². The molecule has 0 radical (unpaired) electrons. The number of nitrogens with one attached hydrogen (secondary N) is 1. The number of carbonyl (C=O) groups excluding carboxylic acids is 1. The number of alkyl halides is 3. The summed E-state index contributed by atoms with van der Waals surface area (Å²) in [5.74, 6) is -0.785. The van der Waals surface area contributed by atoms with Crippen molar-refractivity contribution >= 4 is 38.9 Å². The Balaban J connectivity index is 2.40. The molecule has 0 fully saturated rings. The molecule has 10 heteroatoms. The van der Waals surface area contributed by atoms with Gasteiger partial charge < -0.3 is 5.32 Å². The van der Waals surface area contributed by atoms with E-state index in [4.69, 9.17) is 11.6 Å². The van der Waals surface area contributed by atoms with Crippen molar-refractivity contribution in [2.45, 2.75) is 33.0 Å². The van der Waals surface area contributed by atoms with Crippen LogP contribution in [-0.2, 0) is 21.0 Å². The Hall–Kier alpha value is -2.26. The van der Waals surface area contributed by atoms with E-state index in [1.54, 1.807) is 32.0 Å². The van der Waals surface area contributed by atoms with Crippen molar-refractivity contribution in [1.29, 1.82) is 0 Å². The molecule has 0 aliphatic heterocycles. The molecule has 0 unspecified atom stereocenters.